The highest BCUT2D eigenvalue weighted by molar-refractivity contribution is 5.53. The summed E-state index contributed by atoms with van der Waals surface area (Å²) in [4.78, 5) is 11.5. The number of halogens is 3. The Bertz CT molecular complexity index is 619. The standard InChI is InChI=1S/C11H13F3N6/c1-6-16-5-8(20(6)3)18-10-17-4-7(11(12,13)14)9(15-2)19-10/h4-5H,1-3H3,(H2,15,17,18,19). The van der Waals surface area contributed by atoms with Crippen LogP contribution in [0, 0.1) is 6.92 Å². The van der Waals surface area contributed by atoms with E-state index >= 15 is 0 Å². The number of rotatable bonds is 3. The maximum absolute atomic E-state index is 12.7. The van der Waals surface area contributed by atoms with E-state index in [1.54, 1.807) is 24.7 Å². The molecule has 0 aliphatic rings. The first-order valence-electron chi connectivity index (χ1n) is 5.70. The number of aromatic nitrogens is 4. The van der Waals surface area contributed by atoms with Crippen molar-refractivity contribution < 1.29 is 13.2 Å². The van der Waals surface area contributed by atoms with Crippen LogP contribution < -0.4 is 10.6 Å². The number of alkyl halides is 3. The van der Waals surface area contributed by atoms with Crippen molar-refractivity contribution in [2.24, 2.45) is 7.05 Å². The van der Waals surface area contributed by atoms with Gasteiger partial charge in [0.1, 0.15) is 23.0 Å². The summed E-state index contributed by atoms with van der Waals surface area (Å²) in [5, 5.41) is 5.23. The second-order valence-electron chi connectivity index (χ2n) is 4.08. The molecule has 108 valence electrons. The van der Waals surface area contributed by atoms with E-state index in [1.807, 2.05) is 0 Å². The van der Waals surface area contributed by atoms with Crippen LogP contribution in [0.2, 0.25) is 0 Å². The third-order valence-electron chi connectivity index (χ3n) is 2.79. The van der Waals surface area contributed by atoms with Crippen molar-refractivity contribution in [1.82, 2.24) is 19.5 Å². The Morgan fingerprint density at radius 2 is 1.90 bits per heavy atom. The topological polar surface area (TPSA) is 67.7 Å². The molecule has 0 atom stereocenters. The van der Waals surface area contributed by atoms with E-state index in [4.69, 9.17) is 0 Å². The van der Waals surface area contributed by atoms with E-state index in [0.717, 1.165) is 12.0 Å². The lowest BCUT2D eigenvalue weighted by molar-refractivity contribution is -0.137. The number of aryl methyl sites for hydroxylation is 1. The molecule has 0 aliphatic heterocycles. The molecule has 2 heterocycles. The van der Waals surface area contributed by atoms with Gasteiger partial charge in [0, 0.05) is 20.3 Å². The summed E-state index contributed by atoms with van der Waals surface area (Å²) in [6, 6.07) is 0. The number of hydrogen-bond donors (Lipinski definition) is 2. The quantitative estimate of drug-likeness (QED) is 0.906. The van der Waals surface area contributed by atoms with Gasteiger partial charge in [-0.15, -0.1) is 0 Å². The molecular formula is C11H13F3N6. The molecule has 9 heteroatoms. The maximum Gasteiger partial charge on any atom is 0.421 e. The van der Waals surface area contributed by atoms with Gasteiger partial charge >= 0.3 is 6.18 Å². The van der Waals surface area contributed by atoms with Gasteiger partial charge in [0.2, 0.25) is 5.95 Å². The van der Waals surface area contributed by atoms with Crippen molar-refractivity contribution in [2.45, 2.75) is 13.1 Å². The van der Waals surface area contributed by atoms with Gasteiger partial charge in [-0.1, -0.05) is 0 Å². The van der Waals surface area contributed by atoms with Gasteiger partial charge in [-0.2, -0.15) is 18.2 Å². The predicted molar refractivity (Wildman–Crippen MR) is 67.8 cm³/mol. The molecule has 2 N–H and O–H groups in total. The minimum atomic E-state index is -4.50. The Labute approximate surface area is 113 Å². The molecule has 2 aromatic heterocycles. The average molecular weight is 286 g/mol. The fourth-order valence-corrected chi connectivity index (χ4v) is 1.57. The van der Waals surface area contributed by atoms with Crippen molar-refractivity contribution in [3.63, 3.8) is 0 Å². The van der Waals surface area contributed by atoms with Crippen LogP contribution in [-0.2, 0) is 13.2 Å². The molecule has 0 unspecified atom stereocenters. The van der Waals surface area contributed by atoms with E-state index in [0.29, 0.717) is 5.82 Å². The van der Waals surface area contributed by atoms with Crippen LogP contribution in [0.5, 0.6) is 0 Å². The molecule has 0 amide bonds. The van der Waals surface area contributed by atoms with Crippen molar-refractivity contribution in [3.8, 4) is 0 Å². The minimum absolute atomic E-state index is 0.0605. The van der Waals surface area contributed by atoms with Crippen LogP contribution in [0.4, 0.5) is 30.8 Å². The zero-order valence-corrected chi connectivity index (χ0v) is 11.1. The summed E-state index contributed by atoms with van der Waals surface area (Å²) in [5.74, 6) is 1.12. The minimum Gasteiger partial charge on any atom is -0.372 e. The number of nitrogens with zero attached hydrogens (tertiary/aromatic N) is 4. The van der Waals surface area contributed by atoms with Crippen LogP contribution in [0.3, 0.4) is 0 Å². The number of hydrogen-bond acceptors (Lipinski definition) is 5. The van der Waals surface area contributed by atoms with Gasteiger partial charge in [0.15, 0.2) is 0 Å². The SMILES string of the molecule is CNc1nc(Nc2cnc(C)n2C)ncc1C(F)(F)F. The monoisotopic (exact) mass is 286 g/mol. The van der Waals surface area contributed by atoms with Gasteiger partial charge in [-0.25, -0.2) is 9.97 Å². The summed E-state index contributed by atoms with van der Waals surface area (Å²) in [5.41, 5.74) is -0.910. The molecule has 0 saturated carbocycles. The smallest absolute Gasteiger partial charge is 0.372 e. The van der Waals surface area contributed by atoms with Crippen molar-refractivity contribution in [1.29, 1.82) is 0 Å². The molecule has 20 heavy (non-hydrogen) atoms. The average Bonchev–Trinajstić information content (AvgIpc) is 2.69. The Morgan fingerprint density at radius 3 is 2.40 bits per heavy atom. The van der Waals surface area contributed by atoms with Gasteiger partial charge in [-0.05, 0) is 6.92 Å². The normalized spacial score (nSPS) is 11.5. The molecule has 0 spiro atoms. The molecule has 6 nitrogen and oxygen atoms in total. The zero-order chi connectivity index (χ0) is 14.9. The third kappa shape index (κ3) is 2.65. The first kappa shape index (κ1) is 14.1. The first-order chi connectivity index (χ1) is 9.32. The largest absolute Gasteiger partial charge is 0.421 e. The number of anilines is 3. The highest BCUT2D eigenvalue weighted by Crippen LogP contribution is 2.33. The van der Waals surface area contributed by atoms with E-state index in [-0.39, 0.29) is 11.8 Å². The molecule has 0 bridgehead atoms. The van der Waals surface area contributed by atoms with Crippen LogP contribution in [0.1, 0.15) is 11.4 Å². The second-order valence-corrected chi connectivity index (χ2v) is 4.08. The number of nitrogens with one attached hydrogen (secondary N) is 2. The summed E-state index contributed by atoms with van der Waals surface area (Å²) >= 11 is 0. The Balaban J connectivity index is 2.33. The van der Waals surface area contributed by atoms with E-state index in [2.05, 4.69) is 25.6 Å². The molecule has 0 radical (unpaired) electrons. The summed E-state index contributed by atoms with van der Waals surface area (Å²) in [6.45, 7) is 1.80. The second kappa shape index (κ2) is 4.99. The van der Waals surface area contributed by atoms with Crippen molar-refractivity contribution in [3.05, 3.63) is 23.8 Å². The van der Waals surface area contributed by atoms with E-state index < -0.39 is 11.7 Å². The Kier molecular flexibility index (Phi) is 3.51. The van der Waals surface area contributed by atoms with E-state index in [9.17, 15) is 13.2 Å². The van der Waals surface area contributed by atoms with Crippen LogP contribution in [-0.4, -0.2) is 26.6 Å². The lowest BCUT2D eigenvalue weighted by Gasteiger charge is -2.13. The lowest BCUT2D eigenvalue weighted by atomic mass is 10.3. The zero-order valence-electron chi connectivity index (χ0n) is 11.1. The maximum atomic E-state index is 12.7. The molecule has 2 aromatic rings. The van der Waals surface area contributed by atoms with Gasteiger partial charge in [0.05, 0.1) is 6.20 Å². The summed E-state index contributed by atoms with van der Waals surface area (Å²) in [6.07, 6.45) is -2.21. The molecule has 0 aromatic carbocycles. The Morgan fingerprint density at radius 1 is 1.20 bits per heavy atom. The molecular weight excluding hydrogens is 273 g/mol. The predicted octanol–water partition coefficient (Wildman–Crippen LogP) is 2.32. The molecule has 2 rings (SSSR count). The summed E-state index contributed by atoms with van der Waals surface area (Å²) < 4.78 is 39.9. The van der Waals surface area contributed by atoms with Gasteiger partial charge in [0.25, 0.3) is 0 Å². The van der Waals surface area contributed by atoms with Crippen LogP contribution in [0.25, 0.3) is 0 Å². The van der Waals surface area contributed by atoms with Crippen LogP contribution in [0.15, 0.2) is 12.4 Å². The van der Waals surface area contributed by atoms with Gasteiger partial charge < -0.3 is 15.2 Å². The molecule has 0 saturated heterocycles. The number of imidazole rings is 1. The van der Waals surface area contributed by atoms with Gasteiger partial charge in [-0.3, -0.25) is 0 Å². The van der Waals surface area contributed by atoms with Crippen molar-refractivity contribution in [2.75, 3.05) is 17.7 Å². The molecule has 0 fully saturated rings. The molecule has 0 aliphatic carbocycles. The van der Waals surface area contributed by atoms with Crippen molar-refractivity contribution >= 4 is 17.6 Å². The highest BCUT2D eigenvalue weighted by Gasteiger charge is 2.35. The Hall–Kier alpha value is -2.32. The highest BCUT2D eigenvalue weighted by atomic mass is 19.4. The van der Waals surface area contributed by atoms with Crippen LogP contribution >= 0.6 is 0 Å². The lowest BCUT2D eigenvalue weighted by Crippen LogP contribution is -2.13. The fraction of sp³-hybridized carbons (Fsp3) is 0.364. The first-order valence-corrected chi connectivity index (χ1v) is 5.70. The third-order valence-corrected chi connectivity index (χ3v) is 2.79. The summed E-state index contributed by atoms with van der Waals surface area (Å²) in [7, 11) is 3.14. The van der Waals surface area contributed by atoms with E-state index in [1.165, 1.54) is 7.05 Å². The fourth-order valence-electron chi connectivity index (χ4n) is 1.57.